The normalized spacial score (nSPS) is 22.1. The van der Waals surface area contributed by atoms with Crippen LogP contribution in [-0.2, 0) is 7.05 Å². The van der Waals surface area contributed by atoms with Crippen LogP contribution in [0.1, 0.15) is 35.8 Å². The highest BCUT2D eigenvalue weighted by Gasteiger charge is 2.35. The molecule has 3 N–H and O–H groups in total. The number of halogens is 3. The maximum Gasteiger partial charge on any atom is 0.284 e. The van der Waals surface area contributed by atoms with E-state index in [1.54, 1.807) is 17.2 Å². The molecule has 9 nitrogen and oxygen atoms in total. The smallest absolute Gasteiger partial charge is 0.284 e. The number of hydrogen-bond donors (Lipinski definition) is 2. The molecule has 12 heteroatoms. The van der Waals surface area contributed by atoms with Gasteiger partial charge in [0, 0.05) is 32.0 Å². The summed E-state index contributed by atoms with van der Waals surface area (Å²) < 4.78 is 43.4. The number of nitrogens with two attached hydrogens (primary N) is 1. The number of aryl methyl sites for hydroxylation is 1. The van der Waals surface area contributed by atoms with Crippen molar-refractivity contribution in [2.45, 2.75) is 31.5 Å². The van der Waals surface area contributed by atoms with Crippen LogP contribution >= 0.6 is 0 Å². The fraction of sp³-hybridized carbons (Fsp3) is 0.444. The molecular formula is C18H21F3N8O. The lowest BCUT2D eigenvalue weighted by molar-refractivity contribution is 0.102. The molecule has 0 radical (unpaired) electrons. The SMILES string of the molecule is Cn1cc(NC(=O)c2cnn3ccc(N4CC(N)CC(C)(F)C4)nc23)c(C(F)F)n1. The van der Waals surface area contributed by atoms with Gasteiger partial charge in [0.15, 0.2) is 11.3 Å². The van der Waals surface area contributed by atoms with Gasteiger partial charge in [0.25, 0.3) is 12.3 Å². The molecular weight excluding hydrogens is 401 g/mol. The number of aromatic nitrogens is 5. The number of piperidine rings is 1. The van der Waals surface area contributed by atoms with Gasteiger partial charge in [-0.3, -0.25) is 9.48 Å². The molecule has 3 aromatic rings. The average Bonchev–Trinajstić information content (AvgIpc) is 3.22. The van der Waals surface area contributed by atoms with E-state index in [-0.39, 0.29) is 35.9 Å². The fourth-order valence-corrected chi connectivity index (χ4v) is 3.74. The van der Waals surface area contributed by atoms with Gasteiger partial charge in [-0.2, -0.15) is 10.2 Å². The van der Waals surface area contributed by atoms with Gasteiger partial charge >= 0.3 is 0 Å². The van der Waals surface area contributed by atoms with E-state index in [2.05, 4.69) is 20.5 Å². The number of fused-ring (bicyclic) bond motifs is 1. The molecule has 1 amide bonds. The van der Waals surface area contributed by atoms with Gasteiger partial charge in [-0.05, 0) is 19.4 Å². The van der Waals surface area contributed by atoms with Crippen LogP contribution in [0.4, 0.5) is 24.7 Å². The molecule has 2 atom stereocenters. The highest BCUT2D eigenvalue weighted by atomic mass is 19.3. The van der Waals surface area contributed by atoms with Crippen molar-refractivity contribution in [2.75, 3.05) is 23.3 Å². The van der Waals surface area contributed by atoms with Crippen molar-refractivity contribution in [2.24, 2.45) is 12.8 Å². The Labute approximate surface area is 169 Å². The van der Waals surface area contributed by atoms with Crippen molar-refractivity contribution in [3.05, 3.63) is 35.9 Å². The molecule has 0 saturated carbocycles. The number of amides is 1. The molecule has 1 saturated heterocycles. The van der Waals surface area contributed by atoms with Crippen molar-refractivity contribution < 1.29 is 18.0 Å². The van der Waals surface area contributed by atoms with Crippen LogP contribution in [0.3, 0.4) is 0 Å². The van der Waals surface area contributed by atoms with Crippen molar-refractivity contribution in [3.8, 4) is 0 Å². The van der Waals surface area contributed by atoms with Gasteiger partial charge in [-0.15, -0.1) is 0 Å². The zero-order valence-corrected chi connectivity index (χ0v) is 16.4. The summed E-state index contributed by atoms with van der Waals surface area (Å²) in [4.78, 5) is 18.9. The van der Waals surface area contributed by atoms with E-state index < -0.39 is 23.7 Å². The Morgan fingerprint density at radius 1 is 1.43 bits per heavy atom. The minimum atomic E-state index is -2.84. The van der Waals surface area contributed by atoms with Crippen LogP contribution in [0.2, 0.25) is 0 Å². The predicted molar refractivity (Wildman–Crippen MR) is 103 cm³/mol. The summed E-state index contributed by atoms with van der Waals surface area (Å²) in [5, 5.41) is 10.2. The number of carbonyl (C=O) groups excluding carboxylic acids is 1. The van der Waals surface area contributed by atoms with Crippen LogP contribution < -0.4 is 16.0 Å². The molecule has 1 fully saturated rings. The van der Waals surface area contributed by atoms with E-state index in [1.807, 2.05) is 0 Å². The van der Waals surface area contributed by atoms with E-state index in [9.17, 15) is 18.0 Å². The molecule has 0 spiro atoms. The summed E-state index contributed by atoms with van der Waals surface area (Å²) in [5.74, 6) is -0.207. The third kappa shape index (κ3) is 3.82. The van der Waals surface area contributed by atoms with Crippen molar-refractivity contribution in [3.63, 3.8) is 0 Å². The second-order valence-electron chi connectivity index (χ2n) is 7.73. The maximum absolute atomic E-state index is 14.6. The molecule has 1 aliphatic rings. The Hall–Kier alpha value is -3.15. The van der Waals surface area contributed by atoms with Crippen LogP contribution in [0.15, 0.2) is 24.7 Å². The number of nitrogens with one attached hydrogen (secondary N) is 1. The minimum Gasteiger partial charge on any atom is -0.352 e. The molecule has 1 aliphatic heterocycles. The van der Waals surface area contributed by atoms with Gasteiger partial charge in [0.2, 0.25) is 0 Å². The molecule has 30 heavy (non-hydrogen) atoms. The number of hydrogen-bond acceptors (Lipinski definition) is 6. The van der Waals surface area contributed by atoms with E-state index in [0.29, 0.717) is 12.4 Å². The first kappa shape index (κ1) is 20.1. The summed E-state index contributed by atoms with van der Waals surface area (Å²) >= 11 is 0. The lowest BCUT2D eigenvalue weighted by atomic mass is 9.93. The summed E-state index contributed by atoms with van der Waals surface area (Å²) in [6, 6.07) is 1.31. The zero-order valence-electron chi connectivity index (χ0n) is 16.4. The number of alkyl halides is 3. The Morgan fingerprint density at radius 3 is 2.90 bits per heavy atom. The fourth-order valence-electron chi connectivity index (χ4n) is 3.74. The first-order valence-corrected chi connectivity index (χ1v) is 9.30. The highest BCUT2D eigenvalue weighted by molar-refractivity contribution is 6.08. The van der Waals surface area contributed by atoms with Crippen LogP contribution in [0.25, 0.3) is 5.65 Å². The van der Waals surface area contributed by atoms with Gasteiger partial charge in [0.1, 0.15) is 17.1 Å². The molecule has 0 bridgehead atoms. The van der Waals surface area contributed by atoms with Crippen molar-refractivity contribution in [1.29, 1.82) is 0 Å². The van der Waals surface area contributed by atoms with Gasteiger partial charge in [0.05, 0.1) is 18.4 Å². The van der Waals surface area contributed by atoms with E-state index in [1.165, 1.54) is 35.6 Å². The van der Waals surface area contributed by atoms with Gasteiger partial charge in [-0.1, -0.05) is 0 Å². The Morgan fingerprint density at radius 2 is 2.20 bits per heavy atom. The molecule has 0 aromatic carbocycles. The third-order valence-electron chi connectivity index (χ3n) is 4.90. The largest absolute Gasteiger partial charge is 0.352 e. The summed E-state index contributed by atoms with van der Waals surface area (Å²) in [7, 11) is 1.48. The lowest BCUT2D eigenvalue weighted by Crippen LogP contribution is -2.53. The first-order chi connectivity index (χ1) is 14.1. The van der Waals surface area contributed by atoms with Crippen LogP contribution in [0.5, 0.6) is 0 Å². The molecule has 2 unspecified atom stereocenters. The number of rotatable bonds is 4. The summed E-state index contributed by atoms with van der Waals surface area (Å²) in [6.07, 6.45) is 1.60. The van der Waals surface area contributed by atoms with Crippen molar-refractivity contribution in [1.82, 2.24) is 24.4 Å². The van der Waals surface area contributed by atoms with Crippen LogP contribution in [-0.4, -0.2) is 55.1 Å². The zero-order chi connectivity index (χ0) is 21.6. The molecule has 0 aliphatic carbocycles. The summed E-state index contributed by atoms with van der Waals surface area (Å²) in [5.41, 5.74) is 4.20. The van der Waals surface area contributed by atoms with Crippen molar-refractivity contribution >= 4 is 23.1 Å². The topological polar surface area (TPSA) is 106 Å². The highest BCUT2D eigenvalue weighted by Crippen LogP contribution is 2.28. The van der Waals surface area contributed by atoms with Crippen LogP contribution in [0, 0.1) is 0 Å². The monoisotopic (exact) mass is 422 g/mol. The second-order valence-corrected chi connectivity index (χ2v) is 7.73. The van der Waals surface area contributed by atoms with Gasteiger partial charge in [-0.25, -0.2) is 22.7 Å². The predicted octanol–water partition coefficient (Wildman–Crippen LogP) is 1.92. The minimum absolute atomic E-state index is 0.0882. The molecule has 4 rings (SSSR count). The molecule has 3 aromatic heterocycles. The Bertz CT molecular complexity index is 1090. The third-order valence-corrected chi connectivity index (χ3v) is 4.90. The molecule has 4 heterocycles. The molecule has 160 valence electrons. The number of anilines is 2. The maximum atomic E-state index is 14.6. The summed E-state index contributed by atoms with van der Waals surface area (Å²) in [6.45, 7) is 2.03. The second kappa shape index (κ2) is 7.27. The van der Waals surface area contributed by atoms with E-state index >= 15 is 0 Å². The number of carbonyl (C=O) groups is 1. The average molecular weight is 422 g/mol. The standard InChI is InChI=1S/C18H21F3N8O/c1-18(21)5-10(22)7-28(9-18)13-3-4-29-16(25-13)11(6-23-29)17(30)24-12-8-27(2)26-14(12)15(19)20/h3-4,6,8,10,15H,5,7,9,22H2,1-2H3,(H,24,30). The lowest BCUT2D eigenvalue weighted by Gasteiger charge is -2.39. The van der Waals surface area contributed by atoms with E-state index in [0.717, 1.165) is 0 Å². The quantitative estimate of drug-likeness (QED) is 0.665. The number of nitrogens with zero attached hydrogens (tertiary/aromatic N) is 6. The Kier molecular flexibility index (Phi) is 4.88. The van der Waals surface area contributed by atoms with Gasteiger partial charge < -0.3 is 16.0 Å². The first-order valence-electron chi connectivity index (χ1n) is 9.30. The Balaban J connectivity index is 1.64. The van der Waals surface area contributed by atoms with E-state index in [4.69, 9.17) is 5.73 Å².